The van der Waals surface area contributed by atoms with Crippen LogP contribution in [0.4, 0.5) is 0 Å². The van der Waals surface area contributed by atoms with E-state index in [1.165, 1.54) is 0 Å². The van der Waals surface area contributed by atoms with Crippen LogP contribution in [-0.2, 0) is 0 Å². The Morgan fingerprint density at radius 2 is 1.30 bits per heavy atom. The topological polar surface area (TPSA) is 94.5 Å². The summed E-state index contributed by atoms with van der Waals surface area (Å²) in [6, 6.07) is 0. The van der Waals surface area contributed by atoms with Gasteiger partial charge in [-0.05, 0) is 27.2 Å². The molecular weight excluding hydrogens is 304 g/mol. The first-order valence-corrected chi connectivity index (χ1v) is 7.70. The minimum Gasteiger partial charge on any atom is -0.503 e. The first-order valence-electron chi connectivity index (χ1n) is 7.70. The number of rotatable bonds is 10. The molecule has 0 bridgehead atoms. The Morgan fingerprint density at radius 1 is 0.826 bits per heavy atom. The lowest BCUT2D eigenvalue weighted by Gasteiger charge is -2.21. The zero-order valence-electron chi connectivity index (χ0n) is 14.0. The van der Waals surface area contributed by atoms with Crippen molar-refractivity contribution >= 4 is 5.97 Å². The summed E-state index contributed by atoms with van der Waals surface area (Å²) >= 11 is 0. The Bertz CT molecular complexity index is 540. The van der Waals surface area contributed by atoms with E-state index in [0.29, 0.717) is 19.6 Å². The lowest BCUT2D eigenvalue weighted by atomic mass is 10.1. The van der Waals surface area contributed by atoms with E-state index >= 15 is 0 Å². The average molecular weight is 328 g/mol. The van der Waals surface area contributed by atoms with E-state index in [0.717, 1.165) is 0 Å². The summed E-state index contributed by atoms with van der Waals surface area (Å²) in [7, 11) is 0. The Morgan fingerprint density at radius 3 is 1.74 bits per heavy atom. The maximum atomic E-state index is 11.6. The second kappa shape index (κ2) is 8.97. The van der Waals surface area contributed by atoms with Crippen molar-refractivity contribution in [3.05, 3.63) is 5.56 Å². The van der Waals surface area contributed by atoms with Crippen molar-refractivity contribution in [3.63, 3.8) is 0 Å². The summed E-state index contributed by atoms with van der Waals surface area (Å²) in [5, 5.41) is 19.8. The second-order valence-electron chi connectivity index (χ2n) is 4.49. The van der Waals surface area contributed by atoms with Crippen LogP contribution in [0.3, 0.4) is 0 Å². The van der Waals surface area contributed by atoms with Gasteiger partial charge in [-0.1, -0.05) is 6.92 Å². The van der Waals surface area contributed by atoms with E-state index in [9.17, 15) is 15.0 Å². The van der Waals surface area contributed by atoms with Gasteiger partial charge in [0.2, 0.25) is 17.2 Å². The first-order chi connectivity index (χ1) is 11.0. The molecule has 0 aliphatic heterocycles. The summed E-state index contributed by atoms with van der Waals surface area (Å²) in [5.41, 5.74) is -0.398. The van der Waals surface area contributed by atoms with E-state index in [1.54, 1.807) is 20.8 Å². The van der Waals surface area contributed by atoms with Crippen LogP contribution in [0.2, 0.25) is 0 Å². The Labute approximate surface area is 135 Å². The number of ether oxygens (including phenoxy) is 4. The van der Waals surface area contributed by atoms with Crippen LogP contribution in [0.15, 0.2) is 0 Å². The molecule has 0 fully saturated rings. The molecular formula is C16H24O7. The van der Waals surface area contributed by atoms with Crippen LogP contribution in [0, 0.1) is 0 Å². The van der Waals surface area contributed by atoms with Gasteiger partial charge in [-0.2, -0.15) is 0 Å². The number of hydrogen-bond acceptors (Lipinski definition) is 6. The smallest absolute Gasteiger partial charge is 0.343 e. The van der Waals surface area contributed by atoms with Gasteiger partial charge in [0.05, 0.1) is 26.4 Å². The molecule has 130 valence electrons. The predicted octanol–water partition coefficient (Wildman–Crippen LogP) is 3.08. The summed E-state index contributed by atoms with van der Waals surface area (Å²) < 4.78 is 22.0. The van der Waals surface area contributed by atoms with Gasteiger partial charge in [0, 0.05) is 0 Å². The number of aromatic hydroxyl groups is 1. The van der Waals surface area contributed by atoms with E-state index in [-0.39, 0.29) is 36.2 Å². The van der Waals surface area contributed by atoms with Crippen molar-refractivity contribution < 1.29 is 34.0 Å². The summed E-state index contributed by atoms with van der Waals surface area (Å²) in [6.45, 7) is 8.20. The molecule has 0 atom stereocenters. The lowest BCUT2D eigenvalue weighted by molar-refractivity contribution is 0.0686. The Hall–Kier alpha value is -2.31. The number of phenols is 1. The fourth-order valence-corrected chi connectivity index (χ4v) is 2.02. The molecule has 0 heterocycles. The second-order valence-corrected chi connectivity index (χ2v) is 4.49. The van der Waals surface area contributed by atoms with Gasteiger partial charge in [0.15, 0.2) is 17.1 Å². The molecule has 0 aliphatic carbocycles. The molecule has 0 radical (unpaired) electrons. The van der Waals surface area contributed by atoms with Crippen LogP contribution < -0.4 is 18.9 Å². The van der Waals surface area contributed by atoms with Gasteiger partial charge >= 0.3 is 5.97 Å². The van der Waals surface area contributed by atoms with Crippen molar-refractivity contribution in [1.82, 2.24) is 0 Å². The fourth-order valence-electron chi connectivity index (χ4n) is 2.02. The SMILES string of the molecule is CCCOc1c(O)c(C(=O)O)c(OCC)c(OCC)c1OCC. The molecule has 1 aromatic carbocycles. The maximum Gasteiger partial charge on any atom is 0.343 e. The lowest BCUT2D eigenvalue weighted by Crippen LogP contribution is -2.11. The number of benzene rings is 1. The fraction of sp³-hybridized carbons (Fsp3) is 0.562. The van der Waals surface area contributed by atoms with E-state index in [2.05, 4.69) is 0 Å². The molecule has 1 aromatic rings. The first kappa shape index (κ1) is 18.7. The highest BCUT2D eigenvalue weighted by Crippen LogP contribution is 2.53. The van der Waals surface area contributed by atoms with Crippen molar-refractivity contribution in [2.24, 2.45) is 0 Å². The summed E-state index contributed by atoms with van der Waals surface area (Å²) in [6.07, 6.45) is 0.685. The van der Waals surface area contributed by atoms with Gasteiger partial charge in [-0.15, -0.1) is 0 Å². The minimum atomic E-state index is -1.34. The van der Waals surface area contributed by atoms with Crippen LogP contribution >= 0.6 is 0 Å². The minimum absolute atomic E-state index is 0.0435. The zero-order valence-corrected chi connectivity index (χ0v) is 14.0. The number of carboxylic acid groups (broad SMARTS) is 1. The third kappa shape index (κ3) is 4.12. The molecule has 0 amide bonds. The molecule has 0 saturated heterocycles. The van der Waals surface area contributed by atoms with Gasteiger partial charge < -0.3 is 29.2 Å². The Kier molecular flexibility index (Phi) is 7.31. The van der Waals surface area contributed by atoms with Crippen LogP contribution in [0.25, 0.3) is 0 Å². The molecule has 0 unspecified atom stereocenters. The number of aromatic carboxylic acids is 1. The molecule has 0 aromatic heterocycles. The van der Waals surface area contributed by atoms with Crippen molar-refractivity contribution in [2.45, 2.75) is 34.1 Å². The molecule has 0 saturated carbocycles. The zero-order chi connectivity index (χ0) is 17.4. The van der Waals surface area contributed by atoms with Crippen molar-refractivity contribution in [2.75, 3.05) is 26.4 Å². The molecule has 0 spiro atoms. The molecule has 23 heavy (non-hydrogen) atoms. The summed E-state index contributed by atoms with van der Waals surface area (Å²) in [4.78, 5) is 11.6. The molecule has 0 aliphatic rings. The quantitative estimate of drug-likeness (QED) is 0.681. The normalized spacial score (nSPS) is 10.3. The Balaban J connectivity index is 3.70. The number of carboxylic acids is 1. The largest absolute Gasteiger partial charge is 0.503 e. The molecule has 7 heteroatoms. The monoisotopic (exact) mass is 328 g/mol. The van der Waals surface area contributed by atoms with Crippen molar-refractivity contribution in [3.8, 4) is 28.7 Å². The van der Waals surface area contributed by atoms with Gasteiger partial charge in [-0.3, -0.25) is 0 Å². The highest BCUT2D eigenvalue weighted by molar-refractivity contribution is 5.97. The van der Waals surface area contributed by atoms with Crippen LogP contribution in [0.5, 0.6) is 28.7 Å². The van der Waals surface area contributed by atoms with Gasteiger partial charge in [-0.25, -0.2) is 4.79 Å². The number of hydrogen-bond donors (Lipinski definition) is 2. The highest BCUT2D eigenvalue weighted by atomic mass is 16.6. The predicted molar refractivity (Wildman–Crippen MR) is 84.4 cm³/mol. The molecule has 7 nitrogen and oxygen atoms in total. The molecule has 1 rings (SSSR count). The van der Waals surface area contributed by atoms with E-state index < -0.39 is 17.3 Å². The average Bonchev–Trinajstić information content (AvgIpc) is 2.50. The number of carbonyl (C=O) groups is 1. The standard InChI is InChI=1S/C16H24O7/c1-5-9-23-13-11(17)10(16(18)19)12(20-6-2)14(21-7-3)15(13)22-8-4/h17H,5-9H2,1-4H3,(H,18,19). The molecule has 2 N–H and O–H groups in total. The summed E-state index contributed by atoms with van der Waals surface area (Å²) in [5.74, 6) is -1.70. The van der Waals surface area contributed by atoms with Gasteiger partial charge in [0.25, 0.3) is 0 Å². The van der Waals surface area contributed by atoms with Crippen LogP contribution in [0.1, 0.15) is 44.5 Å². The highest BCUT2D eigenvalue weighted by Gasteiger charge is 2.32. The van der Waals surface area contributed by atoms with Crippen LogP contribution in [-0.4, -0.2) is 42.6 Å². The van der Waals surface area contributed by atoms with Crippen molar-refractivity contribution in [1.29, 1.82) is 0 Å². The van der Waals surface area contributed by atoms with E-state index in [1.807, 2.05) is 6.92 Å². The maximum absolute atomic E-state index is 11.6. The van der Waals surface area contributed by atoms with E-state index in [4.69, 9.17) is 18.9 Å². The third-order valence-electron chi connectivity index (χ3n) is 2.83. The third-order valence-corrected chi connectivity index (χ3v) is 2.83. The van der Waals surface area contributed by atoms with Gasteiger partial charge in [0.1, 0.15) is 0 Å².